The van der Waals surface area contributed by atoms with Crippen LogP contribution in [0.25, 0.3) is 0 Å². The Kier molecular flexibility index (Phi) is 2.77. The van der Waals surface area contributed by atoms with Crippen molar-refractivity contribution < 1.29 is 9.53 Å². The van der Waals surface area contributed by atoms with E-state index < -0.39 is 0 Å². The fourth-order valence-electron chi connectivity index (χ4n) is 2.61. The lowest BCUT2D eigenvalue weighted by Gasteiger charge is -2.31. The number of hydrogen-bond donors (Lipinski definition) is 1. The molecular formula is C11H19NO2. The number of carbonyl (C=O) groups is 1. The topological polar surface area (TPSA) is 38.3 Å². The number of rotatable bonds is 2. The van der Waals surface area contributed by atoms with Crippen molar-refractivity contribution in [2.24, 2.45) is 5.92 Å². The summed E-state index contributed by atoms with van der Waals surface area (Å²) in [5.74, 6) is 0.858. The van der Waals surface area contributed by atoms with Crippen LogP contribution < -0.4 is 5.32 Å². The highest BCUT2D eigenvalue weighted by atomic mass is 16.5. The molecule has 80 valence electrons. The maximum absolute atomic E-state index is 11.2. The number of carbonyl (C=O) groups excluding carboxylic acids is 1. The molecule has 2 atom stereocenters. The molecule has 0 aliphatic carbocycles. The lowest BCUT2D eigenvalue weighted by atomic mass is 9.85. The Morgan fingerprint density at radius 3 is 3.07 bits per heavy atom. The van der Waals surface area contributed by atoms with Gasteiger partial charge in [-0.3, -0.25) is 4.79 Å². The Bertz CT molecular complexity index is 223. The van der Waals surface area contributed by atoms with Crippen molar-refractivity contribution in [1.82, 2.24) is 5.32 Å². The van der Waals surface area contributed by atoms with E-state index in [9.17, 15) is 4.79 Å². The Balaban J connectivity index is 1.86. The van der Waals surface area contributed by atoms with Crippen molar-refractivity contribution in [3.63, 3.8) is 0 Å². The first-order valence-electron chi connectivity index (χ1n) is 5.57. The van der Waals surface area contributed by atoms with Gasteiger partial charge in [0, 0.05) is 25.2 Å². The molecule has 0 aromatic rings. The van der Waals surface area contributed by atoms with E-state index in [0.717, 1.165) is 26.1 Å². The van der Waals surface area contributed by atoms with Crippen LogP contribution in [0.15, 0.2) is 0 Å². The highest BCUT2D eigenvalue weighted by molar-refractivity contribution is 5.79. The van der Waals surface area contributed by atoms with Crippen molar-refractivity contribution in [1.29, 1.82) is 0 Å². The maximum Gasteiger partial charge on any atom is 0.220 e. The molecule has 1 amide bonds. The molecule has 2 rings (SSSR count). The van der Waals surface area contributed by atoms with Gasteiger partial charge in [-0.25, -0.2) is 0 Å². The van der Waals surface area contributed by atoms with E-state index in [1.165, 1.54) is 12.8 Å². The molecule has 3 heteroatoms. The highest BCUT2D eigenvalue weighted by Gasteiger charge is 2.35. The summed E-state index contributed by atoms with van der Waals surface area (Å²) in [5, 5.41) is 3.08. The molecule has 2 unspecified atom stereocenters. The average molecular weight is 197 g/mol. The van der Waals surface area contributed by atoms with Crippen molar-refractivity contribution in [3.05, 3.63) is 0 Å². The number of hydrogen-bond acceptors (Lipinski definition) is 2. The summed E-state index contributed by atoms with van der Waals surface area (Å²) in [6, 6.07) is 0. The predicted molar refractivity (Wildman–Crippen MR) is 53.9 cm³/mol. The van der Waals surface area contributed by atoms with Gasteiger partial charge in [-0.2, -0.15) is 0 Å². The number of nitrogens with one attached hydrogen (secondary N) is 1. The summed E-state index contributed by atoms with van der Waals surface area (Å²) < 4.78 is 5.45. The Hall–Kier alpha value is -0.570. The molecule has 0 spiro atoms. The van der Waals surface area contributed by atoms with Gasteiger partial charge < -0.3 is 10.1 Å². The smallest absolute Gasteiger partial charge is 0.220 e. The zero-order valence-electron chi connectivity index (χ0n) is 8.84. The third kappa shape index (κ3) is 2.27. The highest BCUT2D eigenvalue weighted by Crippen LogP contribution is 2.30. The monoisotopic (exact) mass is 197 g/mol. The molecule has 1 N–H and O–H groups in total. The lowest BCUT2D eigenvalue weighted by molar-refractivity contribution is -0.119. The second kappa shape index (κ2) is 3.89. The van der Waals surface area contributed by atoms with Gasteiger partial charge in [-0.1, -0.05) is 0 Å². The van der Waals surface area contributed by atoms with Crippen LogP contribution in [0, 0.1) is 5.92 Å². The molecule has 2 fully saturated rings. The van der Waals surface area contributed by atoms with Crippen LogP contribution in [0.1, 0.15) is 39.0 Å². The molecule has 2 aliphatic rings. The minimum atomic E-state index is 0.0441. The molecule has 0 bridgehead atoms. The van der Waals surface area contributed by atoms with Crippen LogP contribution >= 0.6 is 0 Å². The summed E-state index contributed by atoms with van der Waals surface area (Å²) >= 11 is 0. The zero-order valence-corrected chi connectivity index (χ0v) is 8.84. The fourth-order valence-corrected chi connectivity index (χ4v) is 2.61. The molecule has 0 saturated carbocycles. The summed E-state index contributed by atoms with van der Waals surface area (Å²) in [6.07, 6.45) is 5.20. The summed E-state index contributed by atoms with van der Waals surface area (Å²) in [4.78, 5) is 11.2. The van der Waals surface area contributed by atoms with E-state index in [4.69, 9.17) is 4.74 Å². The third-order valence-electron chi connectivity index (χ3n) is 3.34. The number of amides is 1. The molecule has 2 aliphatic heterocycles. The zero-order chi connectivity index (χ0) is 10.0. The van der Waals surface area contributed by atoms with Gasteiger partial charge in [0.15, 0.2) is 0 Å². The van der Waals surface area contributed by atoms with E-state index >= 15 is 0 Å². The molecule has 0 radical (unpaired) electrons. The quantitative estimate of drug-likeness (QED) is 0.728. The van der Waals surface area contributed by atoms with Gasteiger partial charge in [0.2, 0.25) is 5.91 Å². The minimum absolute atomic E-state index is 0.0441. The van der Waals surface area contributed by atoms with Crippen LogP contribution in [-0.2, 0) is 9.53 Å². The second-order valence-corrected chi connectivity index (χ2v) is 4.90. The van der Waals surface area contributed by atoms with Gasteiger partial charge in [-0.15, -0.1) is 0 Å². The summed E-state index contributed by atoms with van der Waals surface area (Å²) in [6.45, 7) is 3.96. The van der Waals surface area contributed by atoms with Crippen molar-refractivity contribution in [2.45, 2.75) is 44.6 Å². The standard InChI is InChI=1S/C11H19NO2/c1-11(5-4-10(13)12-11)7-9-3-2-6-14-8-9/h9H,2-8H2,1H3,(H,12,13). The van der Waals surface area contributed by atoms with E-state index in [-0.39, 0.29) is 11.4 Å². The van der Waals surface area contributed by atoms with Crippen molar-refractivity contribution >= 4 is 5.91 Å². The summed E-state index contributed by atoms with van der Waals surface area (Å²) in [7, 11) is 0. The van der Waals surface area contributed by atoms with Gasteiger partial charge in [-0.05, 0) is 38.5 Å². The van der Waals surface area contributed by atoms with Crippen molar-refractivity contribution in [3.8, 4) is 0 Å². The third-order valence-corrected chi connectivity index (χ3v) is 3.34. The maximum atomic E-state index is 11.2. The van der Waals surface area contributed by atoms with E-state index in [1.54, 1.807) is 0 Å². The molecule has 14 heavy (non-hydrogen) atoms. The van der Waals surface area contributed by atoms with Crippen molar-refractivity contribution in [2.75, 3.05) is 13.2 Å². The van der Waals surface area contributed by atoms with E-state index in [1.807, 2.05) is 0 Å². The van der Waals surface area contributed by atoms with Crippen LogP contribution in [-0.4, -0.2) is 24.7 Å². The Morgan fingerprint density at radius 1 is 1.64 bits per heavy atom. The molecule has 0 aromatic carbocycles. The molecular weight excluding hydrogens is 178 g/mol. The van der Waals surface area contributed by atoms with Crippen LogP contribution in [0.4, 0.5) is 0 Å². The lowest BCUT2D eigenvalue weighted by Crippen LogP contribution is -2.41. The van der Waals surface area contributed by atoms with E-state index in [0.29, 0.717) is 12.3 Å². The van der Waals surface area contributed by atoms with Crippen LogP contribution in [0.5, 0.6) is 0 Å². The van der Waals surface area contributed by atoms with Gasteiger partial charge in [0.25, 0.3) is 0 Å². The first-order valence-corrected chi connectivity index (χ1v) is 5.57. The Morgan fingerprint density at radius 2 is 2.50 bits per heavy atom. The molecule has 2 heterocycles. The fraction of sp³-hybridized carbons (Fsp3) is 0.909. The van der Waals surface area contributed by atoms with Crippen LogP contribution in [0.2, 0.25) is 0 Å². The second-order valence-electron chi connectivity index (χ2n) is 4.90. The van der Waals surface area contributed by atoms with Gasteiger partial charge >= 0.3 is 0 Å². The molecule has 2 saturated heterocycles. The summed E-state index contributed by atoms with van der Waals surface area (Å²) in [5.41, 5.74) is 0.0441. The minimum Gasteiger partial charge on any atom is -0.381 e. The van der Waals surface area contributed by atoms with E-state index in [2.05, 4.69) is 12.2 Å². The molecule has 0 aromatic heterocycles. The largest absolute Gasteiger partial charge is 0.381 e. The number of ether oxygens (including phenoxy) is 1. The molecule has 3 nitrogen and oxygen atoms in total. The predicted octanol–water partition coefficient (Wildman–Crippen LogP) is 1.47. The average Bonchev–Trinajstić information content (AvgIpc) is 2.47. The van der Waals surface area contributed by atoms with Gasteiger partial charge in [0.1, 0.15) is 0 Å². The van der Waals surface area contributed by atoms with Gasteiger partial charge in [0.05, 0.1) is 0 Å². The first-order chi connectivity index (χ1) is 6.68. The first kappa shape index (κ1) is 9.97. The van der Waals surface area contributed by atoms with Crippen LogP contribution in [0.3, 0.4) is 0 Å². The normalized spacial score (nSPS) is 38.4. The SMILES string of the molecule is CC1(CC2CCCOC2)CCC(=O)N1. The Labute approximate surface area is 85.2 Å².